The molecule has 0 aliphatic carbocycles. The number of benzene rings is 1. The van der Waals surface area contributed by atoms with Gasteiger partial charge in [0.1, 0.15) is 5.82 Å². The highest BCUT2D eigenvalue weighted by atomic mass is 127. The zero-order valence-electron chi connectivity index (χ0n) is 7.10. The summed E-state index contributed by atoms with van der Waals surface area (Å²) in [5.41, 5.74) is 1.14. The number of fused-ring (bicyclic) bond motifs is 1. The van der Waals surface area contributed by atoms with Crippen molar-refractivity contribution >= 4 is 44.0 Å². The van der Waals surface area contributed by atoms with E-state index in [2.05, 4.69) is 35.6 Å². The minimum absolute atomic E-state index is 0.0737. The number of hydrogen-bond donors (Lipinski definition) is 0. The van der Waals surface area contributed by atoms with E-state index in [1.807, 2.05) is 6.07 Å². The van der Waals surface area contributed by atoms with Crippen molar-refractivity contribution in [2.75, 3.05) is 0 Å². The molecule has 0 atom stereocenters. The van der Waals surface area contributed by atoms with E-state index in [9.17, 15) is 4.39 Å². The molecule has 0 bridgehead atoms. The van der Waals surface area contributed by atoms with E-state index in [0.29, 0.717) is 0 Å². The molecular weight excluding hydrogens is 298 g/mol. The molecule has 2 aromatic rings. The molecule has 68 valence electrons. The second kappa shape index (κ2) is 3.53. The van der Waals surface area contributed by atoms with Gasteiger partial charge in [0, 0.05) is 19.0 Å². The van der Waals surface area contributed by atoms with Gasteiger partial charge in [-0.25, -0.2) is 4.39 Å². The lowest BCUT2D eigenvalue weighted by atomic mass is 10.1. The first kappa shape index (κ1) is 9.40. The van der Waals surface area contributed by atoms with Crippen LogP contribution in [0.4, 0.5) is 4.39 Å². The highest BCUT2D eigenvalue weighted by molar-refractivity contribution is 14.1. The van der Waals surface area contributed by atoms with Crippen molar-refractivity contribution in [3.63, 3.8) is 0 Å². The third-order valence-corrected chi connectivity index (χ3v) is 4.03. The van der Waals surface area contributed by atoms with Gasteiger partial charge in [-0.15, -0.1) is 11.3 Å². The number of halogens is 2. The molecule has 0 amide bonds. The number of aryl methyl sites for hydroxylation is 1. The van der Waals surface area contributed by atoms with E-state index in [4.69, 9.17) is 0 Å². The maximum Gasteiger partial charge on any atom is 0.142 e. The molecule has 1 aromatic heterocycles. The SMILES string of the molecule is CCc1c(I)ccc2scc(F)c12. The van der Waals surface area contributed by atoms with Crippen LogP contribution in [0.3, 0.4) is 0 Å². The average Bonchev–Trinajstić information content (AvgIpc) is 2.49. The van der Waals surface area contributed by atoms with E-state index in [1.165, 1.54) is 11.3 Å². The average molecular weight is 306 g/mol. The normalized spacial score (nSPS) is 11.0. The third kappa shape index (κ3) is 1.48. The highest BCUT2D eigenvalue weighted by Crippen LogP contribution is 2.31. The van der Waals surface area contributed by atoms with Crippen LogP contribution < -0.4 is 0 Å². The van der Waals surface area contributed by atoms with Crippen LogP contribution in [0.2, 0.25) is 0 Å². The molecule has 0 aliphatic heterocycles. The van der Waals surface area contributed by atoms with Crippen LogP contribution in [0, 0.1) is 9.39 Å². The Kier molecular flexibility index (Phi) is 2.55. The largest absolute Gasteiger partial charge is 0.205 e. The van der Waals surface area contributed by atoms with Crippen LogP contribution in [0.5, 0.6) is 0 Å². The van der Waals surface area contributed by atoms with Crippen LogP contribution in [-0.2, 0) is 6.42 Å². The molecule has 2 rings (SSSR count). The van der Waals surface area contributed by atoms with Gasteiger partial charge in [-0.1, -0.05) is 6.92 Å². The molecule has 0 unspecified atom stereocenters. The van der Waals surface area contributed by atoms with Crippen molar-refractivity contribution < 1.29 is 4.39 Å². The second-order valence-electron chi connectivity index (χ2n) is 2.84. The lowest BCUT2D eigenvalue weighted by Gasteiger charge is -2.02. The molecule has 13 heavy (non-hydrogen) atoms. The maximum absolute atomic E-state index is 13.4. The topological polar surface area (TPSA) is 0 Å². The van der Waals surface area contributed by atoms with E-state index >= 15 is 0 Å². The Hall–Kier alpha value is -0.160. The molecule has 0 aliphatic rings. The summed E-state index contributed by atoms with van der Waals surface area (Å²) < 4.78 is 15.6. The number of hydrogen-bond acceptors (Lipinski definition) is 1. The van der Waals surface area contributed by atoms with Gasteiger partial charge in [0.05, 0.1) is 0 Å². The van der Waals surface area contributed by atoms with Crippen molar-refractivity contribution in [3.8, 4) is 0 Å². The van der Waals surface area contributed by atoms with E-state index in [0.717, 1.165) is 25.6 Å². The lowest BCUT2D eigenvalue weighted by Crippen LogP contribution is -1.87. The van der Waals surface area contributed by atoms with Crippen LogP contribution in [0.15, 0.2) is 17.5 Å². The van der Waals surface area contributed by atoms with Gasteiger partial charge in [-0.05, 0) is 46.7 Å². The molecule has 0 nitrogen and oxygen atoms in total. The molecule has 0 saturated heterocycles. The Labute approximate surface area is 93.9 Å². The zero-order chi connectivity index (χ0) is 9.42. The van der Waals surface area contributed by atoms with Gasteiger partial charge in [-0.2, -0.15) is 0 Å². The van der Waals surface area contributed by atoms with Gasteiger partial charge in [-0.3, -0.25) is 0 Å². The summed E-state index contributed by atoms with van der Waals surface area (Å²) in [4.78, 5) is 0. The molecule has 1 aromatic carbocycles. The van der Waals surface area contributed by atoms with Gasteiger partial charge in [0.2, 0.25) is 0 Å². The van der Waals surface area contributed by atoms with Crippen molar-refractivity contribution in [1.82, 2.24) is 0 Å². The standard InChI is InChI=1S/C10H8FIS/c1-2-6-8(12)3-4-9-10(6)7(11)5-13-9/h3-5H,2H2,1H3. The third-order valence-electron chi connectivity index (χ3n) is 2.10. The molecule has 3 heteroatoms. The zero-order valence-corrected chi connectivity index (χ0v) is 10.1. The minimum Gasteiger partial charge on any atom is -0.205 e. The van der Waals surface area contributed by atoms with Crippen LogP contribution in [0.25, 0.3) is 10.1 Å². The summed E-state index contributed by atoms with van der Waals surface area (Å²) in [6.07, 6.45) is 0.892. The van der Waals surface area contributed by atoms with Gasteiger partial charge >= 0.3 is 0 Å². The Morgan fingerprint density at radius 1 is 1.46 bits per heavy atom. The summed E-state index contributed by atoms with van der Waals surface area (Å²) in [5, 5.41) is 2.40. The predicted molar refractivity (Wildman–Crippen MR) is 63.9 cm³/mol. The summed E-state index contributed by atoms with van der Waals surface area (Å²) >= 11 is 3.73. The lowest BCUT2D eigenvalue weighted by molar-refractivity contribution is 0.643. The van der Waals surface area contributed by atoms with Crippen molar-refractivity contribution in [2.24, 2.45) is 0 Å². The van der Waals surface area contributed by atoms with E-state index in [-0.39, 0.29) is 5.82 Å². The highest BCUT2D eigenvalue weighted by Gasteiger charge is 2.09. The van der Waals surface area contributed by atoms with Crippen LogP contribution in [-0.4, -0.2) is 0 Å². The summed E-state index contributed by atoms with van der Waals surface area (Å²) in [6.45, 7) is 2.06. The Morgan fingerprint density at radius 3 is 2.92 bits per heavy atom. The first-order valence-corrected chi connectivity index (χ1v) is 6.04. The first-order chi connectivity index (χ1) is 6.24. The molecule has 0 saturated carbocycles. The van der Waals surface area contributed by atoms with E-state index < -0.39 is 0 Å². The molecule has 0 spiro atoms. The summed E-state index contributed by atoms with van der Waals surface area (Å²) in [5.74, 6) is -0.0737. The monoisotopic (exact) mass is 306 g/mol. The molecular formula is C10H8FIS. The summed E-state index contributed by atoms with van der Waals surface area (Å²) in [7, 11) is 0. The van der Waals surface area contributed by atoms with Gasteiger partial charge in [0.25, 0.3) is 0 Å². The van der Waals surface area contributed by atoms with Crippen molar-refractivity contribution in [1.29, 1.82) is 0 Å². The van der Waals surface area contributed by atoms with E-state index in [1.54, 1.807) is 5.38 Å². The molecule has 0 fully saturated rings. The Balaban J connectivity index is 2.88. The van der Waals surface area contributed by atoms with Gasteiger partial charge < -0.3 is 0 Å². The first-order valence-electron chi connectivity index (χ1n) is 4.08. The van der Waals surface area contributed by atoms with Gasteiger partial charge in [0.15, 0.2) is 0 Å². The van der Waals surface area contributed by atoms with Crippen molar-refractivity contribution in [3.05, 3.63) is 32.5 Å². The molecule has 0 radical (unpaired) electrons. The fourth-order valence-corrected chi connectivity index (χ4v) is 3.15. The predicted octanol–water partition coefficient (Wildman–Crippen LogP) is 4.21. The molecule has 0 N–H and O–H groups in total. The Morgan fingerprint density at radius 2 is 2.23 bits per heavy atom. The molecule has 1 heterocycles. The van der Waals surface area contributed by atoms with Crippen molar-refractivity contribution in [2.45, 2.75) is 13.3 Å². The minimum atomic E-state index is -0.0737. The number of thiophene rings is 1. The fourth-order valence-electron chi connectivity index (χ4n) is 1.48. The number of rotatable bonds is 1. The van der Waals surface area contributed by atoms with Crippen LogP contribution >= 0.6 is 33.9 Å². The Bertz CT molecular complexity index is 447. The smallest absolute Gasteiger partial charge is 0.142 e. The second-order valence-corrected chi connectivity index (χ2v) is 4.91. The maximum atomic E-state index is 13.4. The van der Waals surface area contributed by atoms with Crippen LogP contribution in [0.1, 0.15) is 12.5 Å². The quantitative estimate of drug-likeness (QED) is 0.692. The fraction of sp³-hybridized carbons (Fsp3) is 0.200. The summed E-state index contributed by atoms with van der Waals surface area (Å²) in [6, 6.07) is 4.04.